The number of carboxylic acid groups (broad SMARTS) is 1. The van der Waals surface area contributed by atoms with Gasteiger partial charge in [-0.3, -0.25) is 10.1 Å². The summed E-state index contributed by atoms with van der Waals surface area (Å²) in [5.41, 5.74) is -0.277. The number of ether oxygens (including phenoxy) is 2. The van der Waals surface area contributed by atoms with Gasteiger partial charge < -0.3 is 19.9 Å². The van der Waals surface area contributed by atoms with E-state index in [1.165, 1.54) is 26.4 Å². The van der Waals surface area contributed by atoms with Gasteiger partial charge in [-0.1, -0.05) is 0 Å². The van der Waals surface area contributed by atoms with Crippen LogP contribution in [0, 0.1) is 10.1 Å². The van der Waals surface area contributed by atoms with Crippen molar-refractivity contribution in [3.8, 4) is 5.88 Å². The summed E-state index contributed by atoms with van der Waals surface area (Å²) in [6.07, 6.45) is -1.13. The highest BCUT2D eigenvalue weighted by Crippen LogP contribution is 2.24. The molecule has 1 rings (SSSR count). The van der Waals surface area contributed by atoms with Gasteiger partial charge in [0.15, 0.2) is 6.10 Å². The van der Waals surface area contributed by atoms with Crippen molar-refractivity contribution in [3.05, 3.63) is 22.2 Å². The van der Waals surface area contributed by atoms with E-state index in [0.717, 1.165) is 0 Å². The van der Waals surface area contributed by atoms with Crippen LogP contribution >= 0.6 is 0 Å². The lowest BCUT2D eigenvalue weighted by Crippen LogP contribution is -2.30. The molecule has 0 fully saturated rings. The molecule has 19 heavy (non-hydrogen) atoms. The quantitative estimate of drug-likeness (QED) is 0.543. The summed E-state index contributed by atoms with van der Waals surface area (Å²) in [6.45, 7) is -0.160. The molecule has 0 aromatic carbocycles. The zero-order chi connectivity index (χ0) is 14.4. The van der Waals surface area contributed by atoms with Crippen LogP contribution in [0.1, 0.15) is 0 Å². The summed E-state index contributed by atoms with van der Waals surface area (Å²) in [6, 6.07) is 2.56. The molecule has 0 radical (unpaired) electrons. The van der Waals surface area contributed by atoms with E-state index in [9.17, 15) is 14.9 Å². The van der Waals surface area contributed by atoms with Crippen LogP contribution in [0.5, 0.6) is 5.88 Å². The van der Waals surface area contributed by atoms with E-state index < -0.39 is 17.0 Å². The summed E-state index contributed by atoms with van der Waals surface area (Å²) in [5.74, 6) is -1.08. The summed E-state index contributed by atoms with van der Waals surface area (Å²) in [4.78, 5) is 24.8. The first-order valence-corrected chi connectivity index (χ1v) is 5.18. The van der Waals surface area contributed by atoms with E-state index in [-0.39, 0.29) is 23.9 Å². The number of rotatable bonds is 7. The summed E-state index contributed by atoms with van der Waals surface area (Å²) >= 11 is 0. The van der Waals surface area contributed by atoms with Crippen LogP contribution in [0.25, 0.3) is 0 Å². The topological polar surface area (TPSA) is 124 Å². The molecule has 1 aromatic heterocycles. The molecule has 1 aromatic rings. The zero-order valence-corrected chi connectivity index (χ0v) is 10.3. The van der Waals surface area contributed by atoms with Crippen molar-refractivity contribution in [2.75, 3.05) is 26.1 Å². The van der Waals surface area contributed by atoms with Gasteiger partial charge in [-0.05, 0) is 0 Å². The molecular weight excluding hydrogens is 258 g/mol. The van der Waals surface area contributed by atoms with Crippen LogP contribution in [0.15, 0.2) is 12.1 Å². The Balaban J connectivity index is 2.91. The van der Waals surface area contributed by atoms with E-state index in [1.807, 2.05) is 0 Å². The number of anilines is 1. The van der Waals surface area contributed by atoms with Crippen molar-refractivity contribution in [2.24, 2.45) is 0 Å². The fourth-order valence-electron chi connectivity index (χ4n) is 1.29. The second-order valence-corrected chi connectivity index (χ2v) is 3.42. The van der Waals surface area contributed by atoms with Gasteiger partial charge >= 0.3 is 11.7 Å². The number of hydrogen-bond acceptors (Lipinski definition) is 7. The van der Waals surface area contributed by atoms with Crippen LogP contribution in [0.4, 0.5) is 11.5 Å². The van der Waals surface area contributed by atoms with E-state index in [0.29, 0.717) is 0 Å². The molecule has 104 valence electrons. The molecule has 0 aliphatic heterocycles. The van der Waals surface area contributed by atoms with Crippen molar-refractivity contribution >= 4 is 17.5 Å². The molecule has 0 amide bonds. The number of nitrogens with one attached hydrogen (secondary N) is 1. The second kappa shape index (κ2) is 6.50. The second-order valence-electron chi connectivity index (χ2n) is 3.42. The van der Waals surface area contributed by atoms with Crippen molar-refractivity contribution in [3.63, 3.8) is 0 Å². The maximum Gasteiger partial charge on any atom is 0.334 e. The number of aromatic nitrogens is 1. The van der Waals surface area contributed by atoms with E-state index >= 15 is 0 Å². The number of methoxy groups -OCH3 is 2. The van der Waals surface area contributed by atoms with Gasteiger partial charge in [-0.2, -0.15) is 4.98 Å². The third-order valence-electron chi connectivity index (χ3n) is 2.27. The van der Waals surface area contributed by atoms with E-state index in [4.69, 9.17) is 14.6 Å². The average Bonchev–Trinajstić information content (AvgIpc) is 2.38. The first kappa shape index (κ1) is 14.6. The van der Waals surface area contributed by atoms with Gasteiger partial charge in [0.25, 0.3) is 0 Å². The van der Waals surface area contributed by atoms with Crippen molar-refractivity contribution < 1.29 is 24.3 Å². The Kier molecular flexibility index (Phi) is 5.01. The Hall–Kier alpha value is -2.42. The Labute approximate surface area is 108 Å². The average molecular weight is 271 g/mol. The molecule has 0 saturated heterocycles. The summed E-state index contributed by atoms with van der Waals surface area (Å²) in [5, 5.41) is 22.2. The third kappa shape index (κ3) is 3.78. The Morgan fingerprint density at radius 2 is 2.26 bits per heavy atom. The lowest BCUT2D eigenvalue weighted by atomic mass is 10.3. The number of carbonyl (C=O) groups is 1. The monoisotopic (exact) mass is 271 g/mol. The van der Waals surface area contributed by atoms with Crippen LogP contribution in [-0.2, 0) is 9.53 Å². The first-order chi connectivity index (χ1) is 8.99. The number of nitrogens with zero attached hydrogens (tertiary/aromatic N) is 2. The highest BCUT2D eigenvalue weighted by atomic mass is 16.6. The molecule has 0 bridgehead atoms. The molecule has 1 atom stereocenters. The Bertz CT molecular complexity index is 478. The highest BCUT2D eigenvalue weighted by Gasteiger charge is 2.20. The molecule has 9 heteroatoms. The number of nitro groups is 1. The molecule has 0 spiro atoms. The van der Waals surface area contributed by atoms with Crippen LogP contribution in [0.3, 0.4) is 0 Å². The van der Waals surface area contributed by atoms with Gasteiger partial charge in [0.05, 0.1) is 18.6 Å². The zero-order valence-electron chi connectivity index (χ0n) is 10.3. The Morgan fingerprint density at radius 1 is 1.58 bits per heavy atom. The largest absolute Gasteiger partial charge is 0.481 e. The van der Waals surface area contributed by atoms with E-state index in [1.54, 1.807) is 0 Å². The number of hydrogen-bond donors (Lipinski definition) is 2. The minimum Gasteiger partial charge on any atom is -0.481 e. The molecular formula is C10H13N3O6. The minimum atomic E-state index is -1.18. The van der Waals surface area contributed by atoms with Crippen molar-refractivity contribution in [1.29, 1.82) is 0 Å². The smallest absolute Gasteiger partial charge is 0.334 e. The van der Waals surface area contributed by atoms with Crippen LogP contribution in [-0.4, -0.2) is 47.9 Å². The number of pyridine rings is 1. The van der Waals surface area contributed by atoms with Gasteiger partial charge in [0.1, 0.15) is 0 Å². The van der Waals surface area contributed by atoms with Crippen molar-refractivity contribution in [1.82, 2.24) is 4.98 Å². The fraction of sp³-hybridized carbons (Fsp3) is 0.400. The highest BCUT2D eigenvalue weighted by molar-refractivity contribution is 5.73. The lowest BCUT2D eigenvalue weighted by molar-refractivity contribution is -0.384. The van der Waals surface area contributed by atoms with E-state index in [2.05, 4.69) is 10.3 Å². The SMILES string of the molecule is COc1ccc([N+](=O)[O-])c(NCC(OC)C(=O)O)n1. The lowest BCUT2D eigenvalue weighted by Gasteiger charge is -2.12. The van der Waals surface area contributed by atoms with Crippen LogP contribution < -0.4 is 10.1 Å². The van der Waals surface area contributed by atoms with Gasteiger partial charge in [-0.25, -0.2) is 4.79 Å². The maximum absolute atomic E-state index is 10.8. The van der Waals surface area contributed by atoms with Gasteiger partial charge in [0.2, 0.25) is 11.7 Å². The number of aliphatic carboxylic acids is 1. The van der Waals surface area contributed by atoms with Crippen LogP contribution in [0.2, 0.25) is 0 Å². The minimum absolute atomic E-state index is 0.0762. The fourth-order valence-corrected chi connectivity index (χ4v) is 1.29. The molecule has 2 N–H and O–H groups in total. The number of carboxylic acids is 1. The predicted molar refractivity (Wildman–Crippen MR) is 64.4 cm³/mol. The normalized spacial score (nSPS) is 11.7. The molecule has 1 heterocycles. The third-order valence-corrected chi connectivity index (χ3v) is 2.27. The molecule has 0 aliphatic carbocycles. The summed E-state index contributed by atoms with van der Waals surface area (Å²) < 4.78 is 9.55. The van der Waals surface area contributed by atoms with Gasteiger partial charge in [0, 0.05) is 19.2 Å². The maximum atomic E-state index is 10.8. The molecule has 9 nitrogen and oxygen atoms in total. The van der Waals surface area contributed by atoms with Gasteiger partial charge in [-0.15, -0.1) is 0 Å². The van der Waals surface area contributed by atoms with Crippen molar-refractivity contribution in [2.45, 2.75) is 6.10 Å². The predicted octanol–water partition coefficient (Wildman–Crippen LogP) is 0.510. The molecule has 0 saturated carbocycles. The Morgan fingerprint density at radius 3 is 2.74 bits per heavy atom. The first-order valence-electron chi connectivity index (χ1n) is 5.18. The molecule has 0 aliphatic rings. The summed E-state index contributed by atoms with van der Waals surface area (Å²) in [7, 11) is 2.60. The standard InChI is InChI=1S/C10H13N3O6/c1-18-7(10(14)15)5-11-9-6(13(16)17)3-4-8(12-9)19-2/h3-4,7H,5H2,1-2H3,(H,11,12)(H,14,15). The molecule has 1 unspecified atom stereocenters.